The Hall–Kier alpha value is -2.91. The van der Waals surface area contributed by atoms with Gasteiger partial charge in [-0.15, -0.1) is 0 Å². The zero-order valence-corrected chi connectivity index (χ0v) is 14.3. The molecule has 0 unspecified atom stereocenters. The lowest BCUT2D eigenvalue weighted by Gasteiger charge is -2.23. The number of benzene rings is 3. The van der Waals surface area contributed by atoms with Crippen LogP contribution in [0.15, 0.2) is 66.7 Å². The van der Waals surface area contributed by atoms with Crippen LogP contribution in [0, 0.1) is 0 Å². The highest BCUT2D eigenvalue weighted by molar-refractivity contribution is 6.15. The summed E-state index contributed by atoms with van der Waals surface area (Å²) < 4.78 is 2.27. The minimum Gasteiger partial charge on any atom is -0.322 e. The molecule has 3 aromatic carbocycles. The lowest BCUT2D eigenvalue weighted by molar-refractivity contribution is 0.560. The van der Waals surface area contributed by atoms with Crippen LogP contribution in [-0.2, 0) is 5.54 Å². The van der Waals surface area contributed by atoms with Crippen LogP contribution >= 0.6 is 0 Å². The molecular formula is C22H19N3. The quantitative estimate of drug-likeness (QED) is 0.441. The monoisotopic (exact) mass is 325 g/mol. The highest BCUT2D eigenvalue weighted by atomic mass is 15.0. The van der Waals surface area contributed by atoms with E-state index in [2.05, 4.69) is 78.9 Å². The third-order valence-corrected chi connectivity index (χ3v) is 4.98. The summed E-state index contributed by atoms with van der Waals surface area (Å²) in [5.74, 6) is 0. The van der Waals surface area contributed by atoms with Crippen molar-refractivity contribution in [2.45, 2.75) is 19.4 Å². The third kappa shape index (κ3) is 1.93. The van der Waals surface area contributed by atoms with Crippen LogP contribution < -0.4 is 5.73 Å². The first-order valence-electron chi connectivity index (χ1n) is 8.56. The number of hydrogen-bond donors (Lipinski definition) is 1. The molecule has 0 bridgehead atoms. The SMILES string of the molecule is CC(C)(N)c1cccc2c1c1ccccc1c1nc3ccccc3n21. The van der Waals surface area contributed by atoms with E-state index in [1.807, 2.05) is 6.07 Å². The number of rotatable bonds is 1. The lowest BCUT2D eigenvalue weighted by Crippen LogP contribution is -2.29. The van der Waals surface area contributed by atoms with Crippen molar-refractivity contribution in [1.29, 1.82) is 0 Å². The van der Waals surface area contributed by atoms with Crippen molar-refractivity contribution in [1.82, 2.24) is 9.38 Å². The van der Waals surface area contributed by atoms with E-state index in [1.54, 1.807) is 0 Å². The van der Waals surface area contributed by atoms with Gasteiger partial charge in [-0.05, 0) is 43.0 Å². The van der Waals surface area contributed by atoms with Gasteiger partial charge < -0.3 is 5.73 Å². The number of para-hydroxylation sites is 2. The number of hydrogen-bond acceptors (Lipinski definition) is 2. The van der Waals surface area contributed by atoms with Crippen LogP contribution in [0.25, 0.3) is 38.4 Å². The molecule has 5 rings (SSSR count). The van der Waals surface area contributed by atoms with Gasteiger partial charge in [0.05, 0.1) is 16.6 Å². The molecule has 2 N–H and O–H groups in total. The van der Waals surface area contributed by atoms with Gasteiger partial charge in [0, 0.05) is 16.3 Å². The Bertz CT molecular complexity index is 1270. The molecule has 5 aromatic rings. The molecule has 0 saturated heterocycles. The van der Waals surface area contributed by atoms with Gasteiger partial charge in [0.25, 0.3) is 0 Å². The van der Waals surface area contributed by atoms with Gasteiger partial charge in [-0.2, -0.15) is 0 Å². The van der Waals surface area contributed by atoms with E-state index >= 15 is 0 Å². The van der Waals surface area contributed by atoms with Gasteiger partial charge in [-0.3, -0.25) is 4.40 Å². The zero-order valence-electron chi connectivity index (χ0n) is 14.3. The van der Waals surface area contributed by atoms with Crippen LogP contribution in [0.2, 0.25) is 0 Å². The average molecular weight is 325 g/mol. The molecule has 25 heavy (non-hydrogen) atoms. The van der Waals surface area contributed by atoms with Gasteiger partial charge in [-0.25, -0.2) is 4.98 Å². The second-order valence-electron chi connectivity index (χ2n) is 7.23. The summed E-state index contributed by atoms with van der Waals surface area (Å²) in [5, 5.41) is 3.57. The number of nitrogens with two attached hydrogens (primary N) is 1. The summed E-state index contributed by atoms with van der Waals surface area (Å²) in [6.07, 6.45) is 0. The van der Waals surface area contributed by atoms with E-state index in [-0.39, 0.29) is 0 Å². The number of aromatic nitrogens is 2. The molecule has 0 amide bonds. The van der Waals surface area contributed by atoms with Crippen LogP contribution in [0.3, 0.4) is 0 Å². The van der Waals surface area contributed by atoms with Crippen molar-refractivity contribution < 1.29 is 0 Å². The van der Waals surface area contributed by atoms with Gasteiger partial charge >= 0.3 is 0 Å². The molecule has 0 aliphatic heterocycles. The summed E-state index contributed by atoms with van der Waals surface area (Å²) in [6.45, 7) is 4.12. The van der Waals surface area contributed by atoms with Gasteiger partial charge in [0.1, 0.15) is 5.65 Å². The molecule has 122 valence electrons. The molecule has 3 nitrogen and oxygen atoms in total. The maximum Gasteiger partial charge on any atom is 0.146 e. The van der Waals surface area contributed by atoms with E-state index in [9.17, 15) is 0 Å². The Balaban J connectivity index is 2.19. The fraction of sp³-hybridized carbons (Fsp3) is 0.136. The molecular weight excluding hydrogens is 306 g/mol. The van der Waals surface area contributed by atoms with Gasteiger partial charge in [0.2, 0.25) is 0 Å². The molecule has 0 spiro atoms. The van der Waals surface area contributed by atoms with Gasteiger partial charge in [0.15, 0.2) is 0 Å². The summed E-state index contributed by atoms with van der Waals surface area (Å²) in [5.41, 5.74) is 11.5. The minimum atomic E-state index is -0.424. The smallest absolute Gasteiger partial charge is 0.146 e. The van der Waals surface area contributed by atoms with Crippen molar-refractivity contribution in [3.05, 3.63) is 72.3 Å². The van der Waals surface area contributed by atoms with E-state index in [4.69, 9.17) is 10.7 Å². The fourth-order valence-electron chi connectivity index (χ4n) is 3.89. The predicted octanol–water partition coefficient (Wildman–Crippen LogP) is 4.99. The molecule has 0 atom stereocenters. The highest BCUT2D eigenvalue weighted by Crippen LogP contribution is 2.36. The van der Waals surface area contributed by atoms with Gasteiger partial charge in [-0.1, -0.05) is 48.5 Å². The highest BCUT2D eigenvalue weighted by Gasteiger charge is 2.21. The second-order valence-corrected chi connectivity index (χ2v) is 7.23. The number of imidazole rings is 1. The molecule has 0 aliphatic carbocycles. The van der Waals surface area contributed by atoms with E-state index in [1.165, 1.54) is 10.8 Å². The normalized spacial score (nSPS) is 12.6. The zero-order chi connectivity index (χ0) is 17.2. The van der Waals surface area contributed by atoms with Crippen LogP contribution in [-0.4, -0.2) is 9.38 Å². The predicted molar refractivity (Wildman–Crippen MR) is 105 cm³/mol. The molecule has 0 radical (unpaired) electrons. The Kier molecular flexibility index (Phi) is 2.77. The van der Waals surface area contributed by atoms with E-state index in [0.29, 0.717) is 0 Å². The first kappa shape index (κ1) is 14.4. The third-order valence-electron chi connectivity index (χ3n) is 4.98. The Morgan fingerprint density at radius 3 is 2.28 bits per heavy atom. The molecule has 0 fully saturated rings. The van der Waals surface area contributed by atoms with Crippen molar-refractivity contribution in [3.8, 4) is 0 Å². The maximum atomic E-state index is 6.52. The number of nitrogens with zero attached hydrogens (tertiary/aromatic N) is 2. The molecule has 0 aliphatic rings. The van der Waals surface area contributed by atoms with Crippen molar-refractivity contribution >= 4 is 38.4 Å². The first-order valence-corrected chi connectivity index (χ1v) is 8.56. The summed E-state index contributed by atoms with van der Waals surface area (Å²) in [6, 6.07) is 23.2. The van der Waals surface area contributed by atoms with Crippen LogP contribution in [0.1, 0.15) is 19.4 Å². The second kappa shape index (κ2) is 4.80. The average Bonchev–Trinajstić information content (AvgIpc) is 3.00. The first-order chi connectivity index (χ1) is 12.1. The topological polar surface area (TPSA) is 43.3 Å². The molecule has 0 saturated carbocycles. The largest absolute Gasteiger partial charge is 0.322 e. The Morgan fingerprint density at radius 1 is 0.800 bits per heavy atom. The standard InChI is InChI=1S/C22H19N3/c1-22(2,23)16-10-7-13-19-20(16)14-8-3-4-9-15(14)21-24-17-11-5-6-12-18(17)25(19)21/h3-13H,23H2,1-2H3. The number of fused-ring (bicyclic) bond motifs is 8. The lowest BCUT2D eigenvalue weighted by atomic mass is 9.89. The van der Waals surface area contributed by atoms with E-state index < -0.39 is 5.54 Å². The molecule has 3 heteroatoms. The molecule has 2 aromatic heterocycles. The van der Waals surface area contributed by atoms with Crippen molar-refractivity contribution in [2.75, 3.05) is 0 Å². The maximum absolute atomic E-state index is 6.52. The molecule has 2 heterocycles. The van der Waals surface area contributed by atoms with Crippen LogP contribution in [0.5, 0.6) is 0 Å². The number of pyridine rings is 1. The van der Waals surface area contributed by atoms with Crippen molar-refractivity contribution in [3.63, 3.8) is 0 Å². The van der Waals surface area contributed by atoms with Crippen LogP contribution in [0.4, 0.5) is 0 Å². The summed E-state index contributed by atoms with van der Waals surface area (Å²) >= 11 is 0. The Morgan fingerprint density at radius 2 is 1.48 bits per heavy atom. The Labute approximate surface area is 145 Å². The minimum absolute atomic E-state index is 0.424. The van der Waals surface area contributed by atoms with E-state index in [0.717, 1.165) is 33.1 Å². The summed E-state index contributed by atoms with van der Waals surface area (Å²) in [7, 11) is 0. The summed E-state index contributed by atoms with van der Waals surface area (Å²) in [4.78, 5) is 4.92. The van der Waals surface area contributed by atoms with Crippen molar-refractivity contribution in [2.24, 2.45) is 5.73 Å². The fourth-order valence-corrected chi connectivity index (χ4v) is 3.89.